The SMILES string of the molecule is CCNc1nc(C2CC2)nc(NCCS(C)=O)c1C. The Hall–Kier alpha value is -1.17. The number of nitrogens with zero attached hydrogens (tertiary/aromatic N) is 2. The van der Waals surface area contributed by atoms with E-state index in [1.165, 1.54) is 12.8 Å². The molecule has 5 nitrogen and oxygen atoms in total. The first kappa shape index (κ1) is 14.2. The summed E-state index contributed by atoms with van der Waals surface area (Å²) in [5.41, 5.74) is 1.04. The van der Waals surface area contributed by atoms with Gasteiger partial charge in [0.2, 0.25) is 0 Å². The van der Waals surface area contributed by atoms with Crippen LogP contribution in [0.3, 0.4) is 0 Å². The fourth-order valence-corrected chi connectivity index (χ4v) is 2.27. The average molecular weight is 282 g/mol. The molecule has 6 heteroatoms. The van der Waals surface area contributed by atoms with Crippen molar-refractivity contribution in [2.45, 2.75) is 32.6 Å². The molecule has 1 atom stereocenters. The lowest BCUT2D eigenvalue weighted by atomic mass is 10.2. The Balaban J connectivity index is 2.16. The maximum Gasteiger partial charge on any atom is 0.136 e. The van der Waals surface area contributed by atoms with E-state index in [2.05, 4.69) is 27.5 Å². The number of hydrogen-bond donors (Lipinski definition) is 2. The van der Waals surface area contributed by atoms with Crippen LogP contribution in [0.4, 0.5) is 11.6 Å². The second kappa shape index (κ2) is 6.32. The van der Waals surface area contributed by atoms with Gasteiger partial charge in [-0.05, 0) is 26.7 Å². The number of rotatable bonds is 7. The summed E-state index contributed by atoms with van der Waals surface area (Å²) >= 11 is 0. The van der Waals surface area contributed by atoms with E-state index in [0.29, 0.717) is 18.2 Å². The molecule has 0 aromatic carbocycles. The largest absolute Gasteiger partial charge is 0.370 e. The van der Waals surface area contributed by atoms with Crippen LogP contribution in [0.1, 0.15) is 37.1 Å². The molecule has 0 amide bonds. The van der Waals surface area contributed by atoms with E-state index in [1.54, 1.807) is 6.26 Å². The highest BCUT2D eigenvalue weighted by molar-refractivity contribution is 7.84. The van der Waals surface area contributed by atoms with Crippen molar-refractivity contribution in [3.63, 3.8) is 0 Å². The van der Waals surface area contributed by atoms with Crippen LogP contribution in [0.5, 0.6) is 0 Å². The van der Waals surface area contributed by atoms with Crippen LogP contribution in [0.25, 0.3) is 0 Å². The minimum absolute atomic E-state index is 0.527. The lowest BCUT2D eigenvalue weighted by Gasteiger charge is -2.14. The Morgan fingerprint density at radius 2 is 1.89 bits per heavy atom. The van der Waals surface area contributed by atoms with Crippen LogP contribution in [-0.4, -0.2) is 39.3 Å². The zero-order valence-corrected chi connectivity index (χ0v) is 12.6. The molecule has 106 valence electrons. The Morgan fingerprint density at radius 1 is 1.26 bits per heavy atom. The maximum absolute atomic E-state index is 11.1. The van der Waals surface area contributed by atoms with Crippen molar-refractivity contribution in [3.05, 3.63) is 11.4 Å². The van der Waals surface area contributed by atoms with E-state index in [0.717, 1.165) is 29.6 Å². The van der Waals surface area contributed by atoms with E-state index in [4.69, 9.17) is 0 Å². The molecule has 0 aliphatic heterocycles. The minimum atomic E-state index is -0.778. The molecule has 2 N–H and O–H groups in total. The van der Waals surface area contributed by atoms with E-state index in [-0.39, 0.29) is 0 Å². The van der Waals surface area contributed by atoms with Crippen molar-refractivity contribution < 1.29 is 4.21 Å². The smallest absolute Gasteiger partial charge is 0.136 e. The van der Waals surface area contributed by atoms with Gasteiger partial charge in [0.25, 0.3) is 0 Å². The highest BCUT2D eigenvalue weighted by Crippen LogP contribution is 2.39. The molecular weight excluding hydrogens is 260 g/mol. The zero-order valence-electron chi connectivity index (χ0n) is 11.8. The molecule has 1 saturated carbocycles. The normalized spacial score (nSPS) is 16.2. The molecular formula is C13H22N4OS. The van der Waals surface area contributed by atoms with E-state index in [1.807, 2.05) is 6.92 Å². The van der Waals surface area contributed by atoms with Crippen molar-refractivity contribution in [3.8, 4) is 0 Å². The summed E-state index contributed by atoms with van der Waals surface area (Å²) in [6.45, 7) is 5.60. The highest BCUT2D eigenvalue weighted by Gasteiger charge is 2.28. The van der Waals surface area contributed by atoms with Crippen LogP contribution in [-0.2, 0) is 10.8 Å². The average Bonchev–Trinajstić information content (AvgIpc) is 3.17. The van der Waals surface area contributed by atoms with Crippen molar-refractivity contribution in [1.29, 1.82) is 0 Å². The third-order valence-electron chi connectivity index (χ3n) is 3.13. The van der Waals surface area contributed by atoms with Gasteiger partial charge in [0.1, 0.15) is 17.5 Å². The Labute approximate surface area is 117 Å². The van der Waals surface area contributed by atoms with Crippen molar-refractivity contribution >= 4 is 22.4 Å². The lowest BCUT2D eigenvalue weighted by Crippen LogP contribution is -2.14. The van der Waals surface area contributed by atoms with Crippen LogP contribution in [0.2, 0.25) is 0 Å². The van der Waals surface area contributed by atoms with Crippen LogP contribution >= 0.6 is 0 Å². The van der Waals surface area contributed by atoms with Gasteiger partial charge >= 0.3 is 0 Å². The first-order chi connectivity index (χ1) is 9.11. The second-order valence-corrected chi connectivity index (χ2v) is 6.47. The Kier molecular flexibility index (Phi) is 4.74. The summed E-state index contributed by atoms with van der Waals surface area (Å²) in [5, 5.41) is 6.57. The Morgan fingerprint density at radius 3 is 2.42 bits per heavy atom. The highest BCUT2D eigenvalue weighted by atomic mass is 32.2. The summed E-state index contributed by atoms with van der Waals surface area (Å²) in [6.07, 6.45) is 4.09. The predicted molar refractivity (Wildman–Crippen MR) is 80.3 cm³/mol. The minimum Gasteiger partial charge on any atom is -0.370 e. The number of anilines is 2. The monoisotopic (exact) mass is 282 g/mol. The number of hydrogen-bond acceptors (Lipinski definition) is 5. The quantitative estimate of drug-likeness (QED) is 0.799. The maximum atomic E-state index is 11.1. The van der Waals surface area contributed by atoms with Gasteiger partial charge in [0.05, 0.1) is 0 Å². The van der Waals surface area contributed by atoms with Crippen LogP contribution < -0.4 is 10.6 Å². The molecule has 1 fully saturated rings. The van der Waals surface area contributed by atoms with Crippen LogP contribution in [0.15, 0.2) is 0 Å². The fraction of sp³-hybridized carbons (Fsp3) is 0.692. The molecule has 0 spiro atoms. The molecule has 1 heterocycles. The van der Waals surface area contributed by atoms with E-state index in [9.17, 15) is 4.21 Å². The topological polar surface area (TPSA) is 66.9 Å². The summed E-state index contributed by atoms with van der Waals surface area (Å²) < 4.78 is 11.1. The first-order valence-corrected chi connectivity index (χ1v) is 8.50. The predicted octanol–water partition coefficient (Wildman–Crippen LogP) is 1.88. The molecule has 0 saturated heterocycles. The molecule has 1 unspecified atom stereocenters. The van der Waals surface area contributed by atoms with E-state index >= 15 is 0 Å². The summed E-state index contributed by atoms with van der Waals surface area (Å²) in [5.74, 6) is 3.89. The first-order valence-electron chi connectivity index (χ1n) is 6.78. The van der Waals surface area contributed by atoms with Crippen molar-refractivity contribution in [1.82, 2.24) is 9.97 Å². The fourth-order valence-electron chi connectivity index (χ4n) is 1.88. The zero-order chi connectivity index (χ0) is 13.8. The van der Waals surface area contributed by atoms with Gasteiger partial charge in [-0.3, -0.25) is 4.21 Å². The third-order valence-corrected chi connectivity index (χ3v) is 3.91. The molecule has 1 aromatic rings. The molecule has 2 rings (SSSR count). The number of aromatic nitrogens is 2. The Bertz CT molecular complexity index is 474. The summed E-state index contributed by atoms with van der Waals surface area (Å²) in [4.78, 5) is 9.22. The molecule has 19 heavy (non-hydrogen) atoms. The second-order valence-electron chi connectivity index (χ2n) is 4.91. The van der Waals surface area contributed by atoms with Crippen molar-refractivity contribution in [2.75, 3.05) is 35.7 Å². The van der Waals surface area contributed by atoms with Gasteiger partial charge < -0.3 is 10.6 Å². The summed E-state index contributed by atoms with van der Waals surface area (Å²) in [7, 11) is -0.778. The van der Waals surface area contributed by atoms with Crippen LogP contribution in [0, 0.1) is 6.92 Å². The molecule has 1 aliphatic rings. The van der Waals surface area contributed by atoms with Gasteiger partial charge in [-0.25, -0.2) is 9.97 Å². The molecule has 0 radical (unpaired) electrons. The molecule has 1 aliphatic carbocycles. The van der Waals surface area contributed by atoms with Crippen molar-refractivity contribution in [2.24, 2.45) is 0 Å². The third kappa shape index (κ3) is 3.89. The van der Waals surface area contributed by atoms with Gasteiger partial charge in [0.15, 0.2) is 0 Å². The molecule has 1 aromatic heterocycles. The summed E-state index contributed by atoms with van der Waals surface area (Å²) in [6, 6.07) is 0. The standard InChI is InChI=1S/C13H22N4OS/c1-4-14-11-9(2)12(15-7-8-19(3)18)17-13(16-11)10-5-6-10/h10H,4-8H2,1-3H3,(H2,14,15,16,17). The van der Waals surface area contributed by atoms with E-state index < -0.39 is 10.8 Å². The lowest BCUT2D eigenvalue weighted by molar-refractivity contribution is 0.687. The van der Waals surface area contributed by atoms with Gasteiger partial charge in [-0.2, -0.15) is 0 Å². The van der Waals surface area contributed by atoms with Gasteiger partial charge in [-0.15, -0.1) is 0 Å². The van der Waals surface area contributed by atoms with Gasteiger partial charge in [0, 0.05) is 47.4 Å². The molecule has 0 bridgehead atoms. The number of nitrogens with one attached hydrogen (secondary N) is 2. The van der Waals surface area contributed by atoms with Gasteiger partial charge in [-0.1, -0.05) is 0 Å².